The number of aromatic nitrogens is 3. The van der Waals surface area contributed by atoms with Crippen molar-refractivity contribution >= 4 is 35.2 Å². The molecule has 0 bridgehead atoms. The summed E-state index contributed by atoms with van der Waals surface area (Å²) in [4.78, 5) is 29.3. The number of thioether (sulfide) groups is 1. The fourth-order valence-corrected chi connectivity index (χ4v) is 4.45. The van der Waals surface area contributed by atoms with E-state index in [0.717, 1.165) is 43.4 Å². The number of carboxylic acid groups (broad SMARTS) is 1. The number of nitro benzene ring substituents is 1. The standard InChI is InChI=1S/C23H23N5O6S/c1-33-17-10-15(11-18(13-17)34-2)21-24-23(26-25-21)35-20(22(29)30)12-14-9-16(28(31)32)5-6-19(14)27-7-3-4-8-27/h5-6,9-13H,3-4,7-8H2,1-2H3,(H,29,30)(H,24,25,26)/b20-12+. The van der Waals surface area contributed by atoms with Crippen molar-refractivity contribution in [2.45, 2.75) is 18.0 Å². The second-order valence-corrected chi connectivity index (χ2v) is 8.69. The molecule has 1 fully saturated rings. The molecule has 2 N–H and O–H groups in total. The number of H-pyrrole nitrogens is 1. The molecule has 1 aliphatic heterocycles. The van der Waals surface area contributed by atoms with Crippen molar-refractivity contribution in [2.24, 2.45) is 0 Å². The number of hydrogen-bond acceptors (Lipinski definition) is 9. The number of nitrogens with zero attached hydrogens (tertiary/aromatic N) is 4. The first-order valence-corrected chi connectivity index (χ1v) is 11.5. The van der Waals surface area contributed by atoms with Gasteiger partial charge in [-0.25, -0.2) is 9.78 Å². The third kappa shape index (κ3) is 5.54. The number of non-ortho nitro benzene ring substituents is 1. The minimum absolute atomic E-state index is 0.0697. The van der Waals surface area contributed by atoms with Crippen LogP contribution in [0.25, 0.3) is 17.5 Å². The minimum atomic E-state index is -1.19. The van der Waals surface area contributed by atoms with Crippen LogP contribution in [0.15, 0.2) is 46.5 Å². The van der Waals surface area contributed by atoms with E-state index in [9.17, 15) is 20.0 Å². The van der Waals surface area contributed by atoms with Gasteiger partial charge in [-0.3, -0.25) is 15.2 Å². The summed E-state index contributed by atoms with van der Waals surface area (Å²) in [7, 11) is 3.07. The van der Waals surface area contributed by atoms with Crippen LogP contribution in [0, 0.1) is 10.1 Å². The molecule has 182 valence electrons. The van der Waals surface area contributed by atoms with E-state index in [0.29, 0.717) is 28.5 Å². The first-order valence-electron chi connectivity index (χ1n) is 10.7. The molecule has 35 heavy (non-hydrogen) atoms. The zero-order chi connectivity index (χ0) is 24.9. The van der Waals surface area contributed by atoms with Crippen molar-refractivity contribution in [3.63, 3.8) is 0 Å². The highest BCUT2D eigenvalue weighted by Crippen LogP contribution is 2.34. The van der Waals surface area contributed by atoms with Gasteiger partial charge in [0.25, 0.3) is 5.69 Å². The number of benzene rings is 2. The van der Waals surface area contributed by atoms with Gasteiger partial charge in [-0.1, -0.05) is 0 Å². The quantitative estimate of drug-likeness (QED) is 0.191. The summed E-state index contributed by atoms with van der Waals surface area (Å²) in [5, 5.41) is 28.3. The van der Waals surface area contributed by atoms with Crippen LogP contribution in [0.1, 0.15) is 18.4 Å². The Bertz CT molecular complexity index is 1260. The van der Waals surface area contributed by atoms with E-state index in [1.54, 1.807) is 24.3 Å². The van der Waals surface area contributed by atoms with Gasteiger partial charge in [-0.15, -0.1) is 5.10 Å². The number of ether oxygens (including phenoxy) is 2. The fourth-order valence-electron chi connectivity index (χ4n) is 3.76. The molecule has 1 saturated heterocycles. The Balaban J connectivity index is 1.67. The van der Waals surface area contributed by atoms with E-state index in [1.807, 2.05) is 0 Å². The predicted octanol–water partition coefficient (Wildman–Crippen LogP) is 4.22. The number of anilines is 1. The molecule has 1 aromatic heterocycles. The van der Waals surface area contributed by atoms with E-state index < -0.39 is 10.9 Å². The number of aliphatic carboxylic acids is 1. The van der Waals surface area contributed by atoms with E-state index in [4.69, 9.17) is 9.47 Å². The molecule has 3 aromatic rings. The summed E-state index contributed by atoms with van der Waals surface area (Å²) in [6.07, 6.45) is 3.45. The molecule has 0 amide bonds. The van der Waals surface area contributed by atoms with Gasteiger partial charge >= 0.3 is 5.97 Å². The molecule has 0 unspecified atom stereocenters. The molecular formula is C23H23N5O6S. The van der Waals surface area contributed by atoms with E-state index >= 15 is 0 Å². The number of methoxy groups -OCH3 is 2. The van der Waals surface area contributed by atoms with Gasteiger partial charge in [-0.2, -0.15) is 0 Å². The maximum atomic E-state index is 12.1. The van der Waals surface area contributed by atoms with Gasteiger partial charge in [0.2, 0.25) is 5.16 Å². The number of carbonyl (C=O) groups is 1. The van der Waals surface area contributed by atoms with Gasteiger partial charge in [0.1, 0.15) is 16.4 Å². The van der Waals surface area contributed by atoms with Crippen LogP contribution in [0.2, 0.25) is 0 Å². The zero-order valence-corrected chi connectivity index (χ0v) is 19.9. The molecule has 11 nitrogen and oxygen atoms in total. The summed E-state index contributed by atoms with van der Waals surface area (Å²) in [6.45, 7) is 1.62. The maximum absolute atomic E-state index is 12.1. The van der Waals surface area contributed by atoms with Crippen molar-refractivity contribution in [3.05, 3.63) is 57.0 Å². The van der Waals surface area contributed by atoms with Crippen LogP contribution < -0.4 is 14.4 Å². The molecule has 0 spiro atoms. The molecule has 0 radical (unpaired) electrons. The highest BCUT2D eigenvalue weighted by molar-refractivity contribution is 8.04. The molecule has 1 aliphatic rings. The Labute approximate surface area is 204 Å². The highest BCUT2D eigenvalue weighted by Gasteiger charge is 2.21. The van der Waals surface area contributed by atoms with Crippen molar-refractivity contribution in [2.75, 3.05) is 32.2 Å². The number of carboxylic acids is 1. The number of nitro groups is 1. The van der Waals surface area contributed by atoms with E-state index in [2.05, 4.69) is 20.1 Å². The average Bonchev–Trinajstić information content (AvgIpc) is 3.55. The Morgan fingerprint density at radius 1 is 1.17 bits per heavy atom. The first-order chi connectivity index (χ1) is 16.9. The summed E-state index contributed by atoms with van der Waals surface area (Å²) in [5.41, 5.74) is 1.75. The van der Waals surface area contributed by atoms with E-state index in [1.165, 1.54) is 32.4 Å². The van der Waals surface area contributed by atoms with Crippen LogP contribution in [-0.4, -0.2) is 58.5 Å². The second kappa shape index (κ2) is 10.5. The largest absolute Gasteiger partial charge is 0.497 e. The maximum Gasteiger partial charge on any atom is 0.342 e. The number of aromatic amines is 1. The third-order valence-corrected chi connectivity index (χ3v) is 6.33. The Kier molecular flexibility index (Phi) is 7.20. The Hall–Kier alpha value is -4.06. The van der Waals surface area contributed by atoms with Crippen LogP contribution in [-0.2, 0) is 4.79 Å². The van der Waals surface area contributed by atoms with Gasteiger partial charge in [-0.05, 0) is 48.9 Å². The third-order valence-electron chi connectivity index (χ3n) is 5.46. The van der Waals surface area contributed by atoms with Crippen LogP contribution in [0.3, 0.4) is 0 Å². The monoisotopic (exact) mass is 497 g/mol. The summed E-state index contributed by atoms with van der Waals surface area (Å²) in [5.74, 6) is 0.346. The van der Waals surface area contributed by atoms with Crippen molar-refractivity contribution in [1.82, 2.24) is 15.2 Å². The van der Waals surface area contributed by atoms with Crippen molar-refractivity contribution in [1.29, 1.82) is 0 Å². The molecule has 0 aliphatic carbocycles. The average molecular weight is 498 g/mol. The lowest BCUT2D eigenvalue weighted by molar-refractivity contribution is -0.384. The number of hydrogen-bond donors (Lipinski definition) is 2. The van der Waals surface area contributed by atoms with Crippen LogP contribution in [0.4, 0.5) is 11.4 Å². The van der Waals surface area contributed by atoms with E-state index in [-0.39, 0.29) is 15.7 Å². The summed E-state index contributed by atoms with van der Waals surface area (Å²) in [6, 6.07) is 9.71. The normalized spacial score (nSPS) is 13.7. The van der Waals surface area contributed by atoms with Gasteiger partial charge in [0.05, 0.1) is 19.1 Å². The lowest BCUT2D eigenvalue weighted by Crippen LogP contribution is -2.18. The van der Waals surface area contributed by atoms with Gasteiger partial charge in [0, 0.05) is 48.1 Å². The molecule has 12 heteroatoms. The Morgan fingerprint density at radius 3 is 2.46 bits per heavy atom. The van der Waals surface area contributed by atoms with Crippen molar-refractivity contribution in [3.8, 4) is 22.9 Å². The molecule has 0 atom stereocenters. The van der Waals surface area contributed by atoms with Crippen LogP contribution >= 0.6 is 11.8 Å². The first kappa shape index (κ1) is 24.1. The molecule has 0 saturated carbocycles. The molecule has 2 heterocycles. The predicted molar refractivity (Wildman–Crippen MR) is 131 cm³/mol. The molecular weight excluding hydrogens is 474 g/mol. The molecule has 4 rings (SSSR count). The highest BCUT2D eigenvalue weighted by atomic mass is 32.2. The number of rotatable bonds is 9. The summed E-state index contributed by atoms with van der Waals surface area (Å²) >= 11 is 0.850. The van der Waals surface area contributed by atoms with Gasteiger partial charge in [0.15, 0.2) is 5.82 Å². The van der Waals surface area contributed by atoms with Crippen molar-refractivity contribution < 1.29 is 24.3 Å². The zero-order valence-electron chi connectivity index (χ0n) is 19.1. The lowest BCUT2D eigenvalue weighted by atomic mass is 10.1. The fraction of sp³-hybridized carbons (Fsp3) is 0.261. The Morgan fingerprint density at radius 2 is 1.86 bits per heavy atom. The minimum Gasteiger partial charge on any atom is -0.497 e. The number of nitrogens with one attached hydrogen (secondary N) is 1. The lowest BCUT2D eigenvalue weighted by Gasteiger charge is -2.20. The molecule has 2 aromatic carbocycles. The van der Waals surface area contributed by atoms with Crippen LogP contribution in [0.5, 0.6) is 11.5 Å². The summed E-state index contributed by atoms with van der Waals surface area (Å²) < 4.78 is 10.6. The second-order valence-electron chi connectivity index (χ2n) is 7.68. The van der Waals surface area contributed by atoms with Gasteiger partial charge < -0.3 is 19.5 Å². The smallest absolute Gasteiger partial charge is 0.342 e. The SMILES string of the molecule is COc1cc(OC)cc(-c2nc(S/C(=C/c3cc([N+](=O)[O-])ccc3N3CCCC3)C(=O)O)n[nH]2)c1. The topological polar surface area (TPSA) is 144 Å².